The highest BCUT2D eigenvalue weighted by atomic mass is 16.2. The monoisotopic (exact) mass is 308 g/mol. The van der Waals surface area contributed by atoms with Gasteiger partial charge in [0, 0.05) is 26.7 Å². The van der Waals surface area contributed by atoms with E-state index >= 15 is 0 Å². The van der Waals surface area contributed by atoms with Crippen molar-refractivity contribution in [1.29, 1.82) is 0 Å². The predicted molar refractivity (Wildman–Crippen MR) is 85.1 cm³/mol. The molecule has 0 saturated heterocycles. The Morgan fingerprint density at radius 2 is 1.86 bits per heavy atom. The van der Waals surface area contributed by atoms with E-state index in [4.69, 9.17) is 5.73 Å². The number of nitrogens with zero attached hydrogens (tertiary/aromatic N) is 3. The molecule has 1 fully saturated rings. The minimum atomic E-state index is -0.620. The molecule has 122 valence electrons. The average molecular weight is 308 g/mol. The molecule has 1 saturated carbocycles. The number of ketones is 1. The smallest absolute Gasteiger partial charge is 0.332 e. The molecule has 1 aliphatic rings. The van der Waals surface area contributed by atoms with Gasteiger partial charge < -0.3 is 5.73 Å². The number of hydrogen-bond acceptors (Lipinski definition) is 5. The third kappa shape index (κ3) is 3.14. The van der Waals surface area contributed by atoms with Gasteiger partial charge in [0.05, 0.1) is 6.54 Å². The maximum absolute atomic E-state index is 12.6. The summed E-state index contributed by atoms with van der Waals surface area (Å²) < 4.78 is 2.06. The maximum Gasteiger partial charge on any atom is 0.332 e. The van der Waals surface area contributed by atoms with Crippen LogP contribution in [-0.4, -0.2) is 38.9 Å². The summed E-state index contributed by atoms with van der Waals surface area (Å²) in [4.78, 5) is 38.7. The third-order valence-electron chi connectivity index (χ3n) is 4.00. The molecule has 2 rings (SSSR count). The third-order valence-corrected chi connectivity index (χ3v) is 4.00. The molecule has 0 bridgehead atoms. The summed E-state index contributed by atoms with van der Waals surface area (Å²) in [5.74, 6) is 0.0633. The van der Waals surface area contributed by atoms with Crippen LogP contribution in [0, 0.1) is 5.92 Å². The van der Waals surface area contributed by atoms with Gasteiger partial charge in [-0.1, -0.05) is 13.8 Å². The summed E-state index contributed by atoms with van der Waals surface area (Å²) in [6.45, 7) is 5.17. The van der Waals surface area contributed by atoms with Gasteiger partial charge in [0.1, 0.15) is 11.4 Å². The summed E-state index contributed by atoms with van der Waals surface area (Å²) >= 11 is 0. The van der Waals surface area contributed by atoms with Crippen LogP contribution in [0.1, 0.15) is 37.0 Å². The summed E-state index contributed by atoms with van der Waals surface area (Å²) in [7, 11) is 2.81. The van der Waals surface area contributed by atoms with Crippen LogP contribution in [0.4, 0.5) is 5.82 Å². The van der Waals surface area contributed by atoms with Gasteiger partial charge >= 0.3 is 5.69 Å². The Hall–Kier alpha value is -1.89. The van der Waals surface area contributed by atoms with Gasteiger partial charge in [-0.3, -0.25) is 23.6 Å². The largest absolute Gasteiger partial charge is 0.384 e. The van der Waals surface area contributed by atoms with Crippen molar-refractivity contribution >= 4 is 11.6 Å². The van der Waals surface area contributed by atoms with Crippen molar-refractivity contribution < 1.29 is 4.79 Å². The van der Waals surface area contributed by atoms with Crippen LogP contribution >= 0.6 is 0 Å². The first-order valence-electron chi connectivity index (χ1n) is 7.56. The van der Waals surface area contributed by atoms with Crippen LogP contribution in [0.3, 0.4) is 0 Å². The lowest BCUT2D eigenvalue weighted by molar-refractivity contribution is 0.0913. The SMILES string of the molecule is CC(C)CN(CC(=O)c1c(N)n(C)c(=O)n(C)c1=O)C1CC1. The average Bonchev–Trinajstić information content (AvgIpc) is 3.26. The predicted octanol–water partition coefficient (Wildman–Crippen LogP) is -0.0307. The molecule has 7 nitrogen and oxygen atoms in total. The number of aromatic nitrogens is 2. The van der Waals surface area contributed by atoms with Gasteiger partial charge in [0.15, 0.2) is 5.78 Å². The Morgan fingerprint density at radius 3 is 2.36 bits per heavy atom. The minimum absolute atomic E-state index is 0.0570. The summed E-state index contributed by atoms with van der Waals surface area (Å²) in [5.41, 5.74) is 4.60. The molecule has 1 heterocycles. The quantitative estimate of drug-likeness (QED) is 0.745. The molecule has 0 aliphatic heterocycles. The Kier molecular flexibility index (Phi) is 4.55. The fourth-order valence-corrected chi connectivity index (χ4v) is 2.64. The van der Waals surface area contributed by atoms with Crippen LogP contribution < -0.4 is 17.0 Å². The maximum atomic E-state index is 12.6. The van der Waals surface area contributed by atoms with E-state index in [1.54, 1.807) is 0 Å². The van der Waals surface area contributed by atoms with E-state index in [1.807, 2.05) is 0 Å². The molecule has 7 heteroatoms. The Bertz CT molecular complexity index is 698. The molecule has 0 aromatic carbocycles. The summed E-state index contributed by atoms with van der Waals surface area (Å²) in [6.07, 6.45) is 2.17. The molecule has 0 atom stereocenters. The van der Waals surface area contributed by atoms with E-state index in [-0.39, 0.29) is 23.7 Å². The van der Waals surface area contributed by atoms with Crippen molar-refractivity contribution in [2.45, 2.75) is 32.7 Å². The lowest BCUT2D eigenvalue weighted by atomic mass is 10.1. The van der Waals surface area contributed by atoms with Crippen LogP contribution in [-0.2, 0) is 14.1 Å². The minimum Gasteiger partial charge on any atom is -0.384 e. The molecule has 1 aliphatic carbocycles. The fourth-order valence-electron chi connectivity index (χ4n) is 2.64. The van der Waals surface area contributed by atoms with E-state index < -0.39 is 11.2 Å². The van der Waals surface area contributed by atoms with Gasteiger partial charge in [0.2, 0.25) is 0 Å². The number of nitrogens with two attached hydrogens (primary N) is 1. The Labute approximate surface area is 129 Å². The number of carbonyl (C=O) groups excluding carboxylic acids is 1. The second kappa shape index (κ2) is 6.08. The van der Waals surface area contributed by atoms with Gasteiger partial charge in [-0.05, 0) is 18.8 Å². The number of Topliss-reactive ketones (excluding diaryl/α,β-unsaturated/α-hetero) is 1. The molecule has 0 amide bonds. The fraction of sp³-hybridized carbons (Fsp3) is 0.667. The Balaban J connectivity index is 2.33. The van der Waals surface area contributed by atoms with Crippen molar-refractivity contribution in [3.05, 3.63) is 26.4 Å². The highest BCUT2D eigenvalue weighted by Gasteiger charge is 2.32. The molecule has 0 unspecified atom stereocenters. The van der Waals surface area contributed by atoms with Crippen molar-refractivity contribution in [1.82, 2.24) is 14.0 Å². The first-order chi connectivity index (χ1) is 10.2. The first-order valence-corrected chi connectivity index (χ1v) is 7.56. The van der Waals surface area contributed by atoms with Crippen LogP contribution in [0.15, 0.2) is 9.59 Å². The highest BCUT2D eigenvalue weighted by Crippen LogP contribution is 2.27. The summed E-state index contributed by atoms with van der Waals surface area (Å²) in [5, 5.41) is 0. The Morgan fingerprint density at radius 1 is 1.27 bits per heavy atom. The van der Waals surface area contributed by atoms with E-state index in [0.29, 0.717) is 12.0 Å². The van der Waals surface area contributed by atoms with Crippen LogP contribution in [0.5, 0.6) is 0 Å². The van der Waals surface area contributed by atoms with E-state index in [0.717, 1.165) is 28.5 Å². The number of rotatable bonds is 6. The molecule has 1 aromatic heterocycles. The summed E-state index contributed by atoms with van der Waals surface area (Å²) in [6, 6.07) is 0.420. The molecule has 1 aromatic rings. The van der Waals surface area contributed by atoms with Crippen molar-refractivity contribution in [3.8, 4) is 0 Å². The molecule has 22 heavy (non-hydrogen) atoms. The second-order valence-corrected chi connectivity index (χ2v) is 6.44. The molecular formula is C15H24N4O3. The van der Waals surface area contributed by atoms with Gasteiger partial charge in [-0.25, -0.2) is 4.79 Å². The normalized spacial score (nSPS) is 14.8. The van der Waals surface area contributed by atoms with Crippen LogP contribution in [0.25, 0.3) is 0 Å². The zero-order valence-corrected chi connectivity index (χ0v) is 13.6. The van der Waals surface area contributed by atoms with Crippen molar-refractivity contribution in [2.24, 2.45) is 20.0 Å². The first kappa shape index (κ1) is 16.5. The number of hydrogen-bond donors (Lipinski definition) is 1. The number of carbonyl (C=O) groups is 1. The number of anilines is 1. The molecule has 0 spiro atoms. The van der Waals surface area contributed by atoms with Gasteiger partial charge in [0.25, 0.3) is 5.56 Å². The van der Waals surface area contributed by atoms with Crippen LogP contribution in [0.2, 0.25) is 0 Å². The number of nitrogen functional groups attached to an aromatic ring is 1. The molecule has 0 radical (unpaired) electrons. The highest BCUT2D eigenvalue weighted by molar-refractivity contribution is 6.01. The zero-order chi connectivity index (χ0) is 16.6. The zero-order valence-electron chi connectivity index (χ0n) is 13.6. The van der Waals surface area contributed by atoms with Crippen molar-refractivity contribution in [3.63, 3.8) is 0 Å². The van der Waals surface area contributed by atoms with E-state index in [1.165, 1.54) is 14.1 Å². The van der Waals surface area contributed by atoms with Crippen molar-refractivity contribution in [2.75, 3.05) is 18.8 Å². The lowest BCUT2D eigenvalue weighted by Gasteiger charge is -2.23. The van der Waals surface area contributed by atoms with Gasteiger partial charge in [-0.15, -0.1) is 0 Å². The molecule has 2 N–H and O–H groups in total. The lowest BCUT2D eigenvalue weighted by Crippen LogP contribution is -2.44. The molecular weight excluding hydrogens is 284 g/mol. The van der Waals surface area contributed by atoms with E-state index in [9.17, 15) is 14.4 Å². The standard InChI is InChI=1S/C15H24N4O3/c1-9(2)7-19(10-5-6-10)8-11(20)12-13(16)17(3)15(22)18(4)14(12)21/h9-10H,5-8,16H2,1-4H3. The second-order valence-electron chi connectivity index (χ2n) is 6.44. The topological polar surface area (TPSA) is 90.3 Å². The van der Waals surface area contributed by atoms with Gasteiger partial charge in [-0.2, -0.15) is 0 Å². The van der Waals surface area contributed by atoms with E-state index in [2.05, 4.69) is 18.7 Å².